The number of fused-ring (bicyclic) bond motifs is 1. The highest BCUT2D eigenvalue weighted by Crippen LogP contribution is 2.26. The van der Waals surface area contributed by atoms with Crippen LogP contribution in [-0.2, 0) is 11.2 Å². The van der Waals surface area contributed by atoms with Gasteiger partial charge in [-0.3, -0.25) is 9.36 Å². The Morgan fingerprint density at radius 3 is 2.42 bits per heavy atom. The predicted octanol–water partition coefficient (Wildman–Crippen LogP) is 1.98. The fraction of sp³-hybridized carbons (Fsp3) is 0.412. The van der Waals surface area contributed by atoms with E-state index in [4.69, 9.17) is 14.6 Å². The SMILES string of the molecule is COc1ccc2c(c1)c(CCN(C)C)cn2C(=O)N(C)C.O=CO. The molecule has 0 saturated heterocycles. The summed E-state index contributed by atoms with van der Waals surface area (Å²) in [6.45, 7) is 0.687. The predicted molar refractivity (Wildman–Crippen MR) is 93.9 cm³/mol. The number of hydrogen-bond acceptors (Lipinski definition) is 4. The van der Waals surface area contributed by atoms with Crippen molar-refractivity contribution in [1.82, 2.24) is 14.4 Å². The van der Waals surface area contributed by atoms with Gasteiger partial charge in [-0.2, -0.15) is 0 Å². The Labute approximate surface area is 142 Å². The van der Waals surface area contributed by atoms with Gasteiger partial charge in [0.15, 0.2) is 0 Å². The Hall–Kier alpha value is -2.54. The van der Waals surface area contributed by atoms with Crippen LogP contribution in [0.2, 0.25) is 0 Å². The zero-order chi connectivity index (χ0) is 18.3. The summed E-state index contributed by atoms with van der Waals surface area (Å²) in [4.78, 5) is 24.4. The van der Waals surface area contributed by atoms with Crippen molar-refractivity contribution in [1.29, 1.82) is 0 Å². The molecule has 7 nitrogen and oxygen atoms in total. The fourth-order valence-corrected chi connectivity index (χ4v) is 2.32. The summed E-state index contributed by atoms with van der Waals surface area (Å²) in [6.07, 6.45) is 2.83. The molecule has 0 spiro atoms. The third kappa shape index (κ3) is 4.73. The largest absolute Gasteiger partial charge is 0.497 e. The number of ether oxygens (including phenoxy) is 1. The van der Waals surface area contributed by atoms with Crippen molar-refractivity contribution in [2.24, 2.45) is 0 Å². The molecule has 1 amide bonds. The third-order valence-corrected chi connectivity index (χ3v) is 3.51. The average molecular weight is 335 g/mol. The quantitative estimate of drug-likeness (QED) is 0.865. The number of nitrogens with zero attached hydrogens (tertiary/aromatic N) is 3. The molecular formula is C17H25N3O4. The highest BCUT2D eigenvalue weighted by Gasteiger charge is 2.15. The van der Waals surface area contributed by atoms with E-state index in [1.807, 2.05) is 38.5 Å². The normalized spacial score (nSPS) is 10.2. The summed E-state index contributed by atoms with van der Waals surface area (Å²) >= 11 is 0. The van der Waals surface area contributed by atoms with Crippen LogP contribution in [0.15, 0.2) is 24.4 Å². The summed E-state index contributed by atoms with van der Waals surface area (Å²) in [5, 5.41) is 7.96. The maximum absolute atomic E-state index is 12.3. The first-order valence-electron chi connectivity index (χ1n) is 7.47. The first-order chi connectivity index (χ1) is 11.3. The molecule has 24 heavy (non-hydrogen) atoms. The number of amides is 1. The van der Waals surface area contributed by atoms with Crippen LogP contribution in [0.4, 0.5) is 4.79 Å². The van der Waals surface area contributed by atoms with Gasteiger partial charge in [-0.15, -0.1) is 0 Å². The highest BCUT2D eigenvalue weighted by molar-refractivity contribution is 5.94. The Morgan fingerprint density at radius 1 is 1.29 bits per heavy atom. The van der Waals surface area contributed by atoms with E-state index in [2.05, 4.69) is 4.90 Å². The van der Waals surface area contributed by atoms with Crippen LogP contribution >= 0.6 is 0 Å². The molecule has 2 aromatic rings. The third-order valence-electron chi connectivity index (χ3n) is 3.51. The Bertz CT molecular complexity index is 692. The molecule has 0 atom stereocenters. The summed E-state index contributed by atoms with van der Waals surface area (Å²) in [7, 11) is 9.27. The molecule has 2 rings (SSSR count). The highest BCUT2D eigenvalue weighted by atomic mass is 16.5. The van der Waals surface area contributed by atoms with Crippen molar-refractivity contribution in [3.05, 3.63) is 30.0 Å². The molecule has 0 unspecified atom stereocenters. The van der Waals surface area contributed by atoms with Gasteiger partial charge in [0, 0.05) is 32.2 Å². The number of carboxylic acid groups (broad SMARTS) is 1. The van der Waals surface area contributed by atoms with Crippen molar-refractivity contribution in [3.63, 3.8) is 0 Å². The van der Waals surface area contributed by atoms with E-state index in [1.54, 1.807) is 30.7 Å². The second-order valence-corrected chi connectivity index (χ2v) is 5.74. The molecule has 0 bridgehead atoms. The van der Waals surface area contributed by atoms with Crippen LogP contribution in [0, 0.1) is 0 Å². The van der Waals surface area contributed by atoms with Gasteiger partial charge < -0.3 is 19.6 Å². The zero-order valence-corrected chi connectivity index (χ0v) is 14.8. The fourth-order valence-electron chi connectivity index (χ4n) is 2.32. The maximum Gasteiger partial charge on any atom is 0.328 e. The number of methoxy groups -OCH3 is 1. The lowest BCUT2D eigenvalue weighted by molar-refractivity contribution is -0.122. The molecule has 0 aliphatic rings. The first-order valence-corrected chi connectivity index (χ1v) is 7.47. The molecule has 0 aliphatic heterocycles. The van der Waals surface area contributed by atoms with Gasteiger partial charge in [0.25, 0.3) is 6.47 Å². The molecule has 1 N–H and O–H groups in total. The summed E-state index contributed by atoms with van der Waals surface area (Å²) in [5.74, 6) is 0.809. The van der Waals surface area contributed by atoms with E-state index >= 15 is 0 Å². The van der Waals surface area contributed by atoms with Gasteiger partial charge in [-0.25, -0.2) is 4.79 Å². The molecule has 0 fully saturated rings. The van der Waals surface area contributed by atoms with Crippen molar-refractivity contribution in [2.75, 3.05) is 41.8 Å². The van der Waals surface area contributed by atoms with Gasteiger partial charge in [0.05, 0.1) is 12.6 Å². The van der Waals surface area contributed by atoms with Crippen LogP contribution in [0.25, 0.3) is 10.9 Å². The van der Waals surface area contributed by atoms with Crippen LogP contribution in [0.1, 0.15) is 5.56 Å². The minimum atomic E-state index is -0.250. The number of hydrogen-bond donors (Lipinski definition) is 1. The lowest BCUT2D eigenvalue weighted by Crippen LogP contribution is -2.26. The average Bonchev–Trinajstić information content (AvgIpc) is 2.90. The van der Waals surface area contributed by atoms with Crippen LogP contribution in [0.5, 0.6) is 5.75 Å². The summed E-state index contributed by atoms with van der Waals surface area (Å²) in [5.41, 5.74) is 2.08. The number of carbonyl (C=O) groups is 2. The van der Waals surface area contributed by atoms with Crippen LogP contribution in [0.3, 0.4) is 0 Å². The molecule has 1 aromatic heterocycles. The van der Waals surface area contributed by atoms with Crippen molar-refractivity contribution in [2.45, 2.75) is 6.42 Å². The van der Waals surface area contributed by atoms with Crippen molar-refractivity contribution in [3.8, 4) is 5.75 Å². The smallest absolute Gasteiger partial charge is 0.328 e. The number of likely N-dealkylation sites (N-methyl/N-ethyl adjacent to an activating group) is 1. The van der Waals surface area contributed by atoms with E-state index in [0.29, 0.717) is 0 Å². The second-order valence-electron chi connectivity index (χ2n) is 5.74. The van der Waals surface area contributed by atoms with Gasteiger partial charge >= 0.3 is 6.03 Å². The molecule has 1 heterocycles. The van der Waals surface area contributed by atoms with Gasteiger partial charge in [-0.1, -0.05) is 0 Å². The maximum atomic E-state index is 12.3. The number of aromatic nitrogens is 1. The minimum Gasteiger partial charge on any atom is -0.497 e. The van der Waals surface area contributed by atoms with Crippen molar-refractivity contribution < 1.29 is 19.4 Å². The van der Waals surface area contributed by atoms with E-state index < -0.39 is 0 Å². The Balaban J connectivity index is 0.000000891. The molecular weight excluding hydrogens is 310 g/mol. The monoisotopic (exact) mass is 335 g/mol. The number of rotatable bonds is 4. The van der Waals surface area contributed by atoms with E-state index in [1.165, 1.54) is 0 Å². The second kappa shape index (κ2) is 8.93. The van der Waals surface area contributed by atoms with E-state index in [0.717, 1.165) is 35.2 Å². The lowest BCUT2D eigenvalue weighted by Gasteiger charge is -2.11. The molecule has 0 aliphatic carbocycles. The Kier molecular flexibility index (Phi) is 7.26. The van der Waals surface area contributed by atoms with Crippen LogP contribution in [-0.4, -0.2) is 73.8 Å². The molecule has 0 radical (unpaired) electrons. The lowest BCUT2D eigenvalue weighted by atomic mass is 10.1. The van der Waals surface area contributed by atoms with Crippen molar-refractivity contribution >= 4 is 23.4 Å². The summed E-state index contributed by atoms with van der Waals surface area (Å²) in [6, 6.07) is 5.78. The van der Waals surface area contributed by atoms with Crippen LogP contribution < -0.4 is 4.74 Å². The van der Waals surface area contributed by atoms with E-state index in [9.17, 15) is 4.79 Å². The number of carbonyl (C=O) groups excluding carboxylic acids is 1. The Morgan fingerprint density at radius 2 is 1.92 bits per heavy atom. The molecule has 1 aromatic carbocycles. The van der Waals surface area contributed by atoms with Gasteiger partial charge in [0.2, 0.25) is 0 Å². The van der Waals surface area contributed by atoms with E-state index in [-0.39, 0.29) is 12.5 Å². The first kappa shape index (κ1) is 19.5. The minimum absolute atomic E-state index is 0.0405. The molecule has 132 valence electrons. The molecule has 7 heteroatoms. The van der Waals surface area contributed by atoms with Gasteiger partial charge in [0.1, 0.15) is 5.75 Å². The van der Waals surface area contributed by atoms with Gasteiger partial charge in [-0.05, 0) is 44.3 Å². The number of benzene rings is 1. The molecule has 0 saturated carbocycles. The summed E-state index contributed by atoms with van der Waals surface area (Å²) < 4.78 is 7.01. The topological polar surface area (TPSA) is 75.0 Å². The standard InChI is InChI=1S/C16H23N3O2.CH2O2/c1-17(2)9-8-12-11-19(16(20)18(3)4)15-7-6-13(21-5)10-14(12)15;2-1-3/h6-7,10-11H,8-9H2,1-5H3;1H,(H,2,3). The zero-order valence-electron chi connectivity index (χ0n) is 14.8.